The normalized spacial score (nSPS) is 10.2. The van der Waals surface area contributed by atoms with E-state index in [4.69, 9.17) is 5.73 Å². The van der Waals surface area contributed by atoms with Crippen molar-refractivity contribution in [3.63, 3.8) is 0 Å². The smallest absolute Gasteiger partial charge is 0.253 e. The van der Waals surface area contributed by atoms with E-state index in [0.717, 1.165) is 12.8 Å². The number of carbonyl (C=O) groups excluding carboxylic acids is 2. The van der Waals surface area contributed by atoms with Crippen molar-refractivity contribution in [2.75, 3.05) is 25.0 Å². The first kappa shape index (κ1) is 17.2. The number of benzene rings is 1. The maximum Gasteiger partial charge on any atom is 0.253 e. The van der Waals surface area contributed by atoms with Crippen molar-refractivity contribution in [3.05, 3.63) is 29.8 Å². The van der Waals surface area contributed by atoms with Crippen LogP contribution >= 0.6 is 0 Å². The van der Waals surface area contributed by atoms with E-state index in [1.807, 2.05) is 13.8 Å². The molecule has 0 aromatic heterocycles. The summed E-state index contributed by atoms with van der Waals surface area (Å²) in [4.78, 5) is 25.8. The van der Waals surface area contributed by atoms with Gasteiger partial charge in [-0.3, -0.25) is 9.59 Å². The average Bonchev–Trinajstić information content (AvgIpc) is 2.49. The number of amides is 2. The quantitative estimate of drug-likeness (QED) is 0.721. The Kier molecular flexibility index (Phi) is 7.46. The van der Waals surface area contributed by atoms with E-state index in [1.54, 1.807) is 29.2 Å². The third-order valence-electron chi connectivity index (χ3n) is 3.30. The summed E-state index contributed by atoms with van der Waals surface area (Å²) in [5.74, 6) is -0.0601. The summed E-state index contributed by atoms with van der Waals surface area (Å²) < 4.78 is 0. The van der Waals surface area contributed by atoms with E-state index >= 15 is 0 Å². The lowest BCUT2D eigenvalue weighted by Gasteiger charge is -2.19. The second-order valence-corrected chi connectivity index (χ2v) is 4.85. The summed E-state index contributed by atoms with van der Waals surface area (Å²) in [5.41, 5.74) is 6.66. The maximum atomic E-state index is 12.3. The van der Waals surface area contributed by atoms with E-state index in [-0.39, 0.29) is 11.8 Å². The highest BCUT2D eigenvalue weighted by atomic mass is 16.2. The van der Waals surface area contributed by atoms with Crippen LogP contribution in [0.25, 0.3) is 0 Å². The minimum atomic E-state index is -0.0455. The molecule has 1 rings (SSSR count). The third-order valence-corrected chi connectivity index (χ3v) is 3.30. The van der Waals surface area contributed by atoms with Gasteiger partial charge >= 0.3 is 0 Å². The van der Waals surface area contributed by atoms with Crippen LogP contribution in [0.5, 0.6) is 0 Å². The molecule has 0 aliphatic rings. The Morgan fingerprint density at radius 3 is 2.52 bits per heavy atom. The number of nitrogens with one attached hydrogen (secondary N) is 1. The first-order valence-corrected chi connectivity index (χ1v) is 7.51. The van der Waals surface area contributed by atoms with Gasteiger partial charge in [-0.15, -0.1) is 0 Å². The molecule has 0 spiro atoms. The highest BCUT2D eigenvalue weighted by Crippen LogP contribution is 2.13. The Hall–Kier alpha value is -1.88. The number of nitrogens with two attached hydrogens (primary N) is 1. The van der Waals surface area contributed by atoms with Gasteiger partial charge in [0.1, 0.15) is 0 Å². The van der Waals surface area contributed by atoms with Gasteiger partial charge in [-0.1, -0.05) is 6.07 Å². The lowest BCUT2D eigenvalue weighted by molar-refractivity contribution is -0.116. The van der Waals surface area contributed by atoms with Gasteiger partial charge in [0.2, 0.25) is 5.91 Å². The van der Waals surface area contributed by atoms with Crippen molar-refractivity contribution in [1.82, 2.24) is 4.90 Å². The number of hydrogen-bond acceptors (Lipinski definition) is 3. The van der Waals surface area contributed by atoms with Gasteiger partial charge in [-0.25, -0.2) is 0 Å². The van der Waals surface area contributed by atoms with Gasteiger partial charge in [0, 0.05) is 30.8 Å². The third kappa shape index (κ3) is 5.55. The summed E-state index contributed by atoms with van der Waals surface area (Å²) in [6.07, 6.45) is 2.07. The molecule has 0 saturated heterocycles. The van der Waals surface area contributed by atoms with Crippen LogP contribution in [-0.4, -0.2) is 36.3 Å². The summed E-state index contributed by atoms with van der Waals surface area (Å²) in [6.45, 7) is 5.84. The maximum absolute atomic E-state index is 12.3. The predicted molar refractivity (Wildman–Crippen MR) is 85.2 cm³/mol. The minimum absolute atomic E-state index is 0.0146. The highest BCUT2D eigenvalue weighted by molar-refractivity contribution is 5.97. The Morgan fingerprint density at radius 2 is 1.90 bits per heavy atom. The lowest BCUT2D eigenvalue weighted by atomic mass is 10.1. The van der Waals surface area contributed by atoms with E-state index in [2.05, 4.69) is 5.32 Å². The molecular weight excluding hydrogens is 266 g/mol. The van der Waals surface area contributed by atoms with Crippen molar-refractivity contribution >= 4 is 17.5 Å². The molecule has 0 unspecified atom stereocenters. The monoisotopic (exact) mass is 291 g/mol. The van der Waals surface area contributed by atoms with Crippen molar-refractivity contribution in [2.24, 2.45) is 5.73 Å². The molecule has 0 aliphatic carbocycles. The van der Waals surface area contributed by atoms with Gasteiger partial charge in [-0.2, -0.15) is 0 Å². The van der Waals surface area contributed by atoms with Crippen molar-refractivity contribution in [2.45, 2.75) is 33.1 Å². The van der Waals surface area contributed by atoms with E-state index in [1.165, 1.54) is 0 Å². The van der Waals surface area contributed by atoms with Gasteiger partial charge < -0.3 is 16.0 Å². The molecule has 0 saturated carbocycles. The molecule has 0 bridgehead atoms. The van der Waals surface area contributed by atoms with E-state index in [9.17, 15) is 9.59 Å². The van der Waals surface area contributed by atoms with Crippen LogP contribution in [0.4, 0.5) is 5.69 Å². The fourth-order valence-electron chi connectivity index (χ4n) is 2.08. The number of rotatable bonds is 8. The zero-order chi connectivity index (χ0) is 15.7. The molecule has 5 heteroatoms. The largest absolute Gasteiger partial charge is 0.339 e. The van der Waals surface area contributed by atoms with Crippen LogP contribution in [0.3, 0.4) is 0 Å². The Labute approximate surface area is 126 Å². The zero-order valence-corrected chi connectivity index (χ0v) is 12.9. The van der Waals surface area contributed by atoms with Gasteiger partial charge in [0.25, 0.3) is 5.91 Å². The Bertz CT molecular complexity index is 470. The highest BCUT2D eigenvalue weighted by Gasteiger charge is 2.13. The van der Waals surface area contributed by atoms with Crippen LogP contribution in [0, 0.1) is 0 Å². The topological polar surface area (TPSA) is 75.4 Å². The second-order valence-electron chi connectivity index (χ2n) is 4.85. The van der Waals surface area contributed by atoms with Gasteiger partial charge in [0.15, 0.2) is 0 Å². The molecule has 0 heterocycles. The SMILES string of the molecule is CCN(CC)C(=O)c1cccc(NC(=O)CCCCN)c1. The van der Waals surface area contributed by atoms with E-state index in [0.29, 0.717) is 37.3 Å². The summed E-state index contributed by atoms with van der Waals surface area (Å²) in [7, 11) is 0. The molecule has 3 N–H and O–H groups in total. The fourth-order valence-corrected chi connectivity index (χ4v) is 2.08. The van der Waals surface area contributed by atoms with Crippen LogP contribution in [0.15, 0.2) is 24.3 Å². The molecule has 21 heavy (non-hydrogen) atoms. The number of nitrogens with zero attached hydrogens (tertiary/aromatic N) is 1. The molecule has 0 radical (unpaired) electrons. The predicted octanol–water partition coefficient (Wildman–Crippen LogP) is 2.24. The molecule has 1 aromatic carbocycles. The molecule has 2 amide bonds. The number of unbranched alkanes of at least 4 members (excludes halogenated alkanes) is 1. The molecule has 0 atom stereocenters. The lowest BCUT2D eigenvalue weighted by Crippen LogP contribution is -2.30. The number of anilines is 1. The molecule has 5 nitrogen and oxygen atoms in total. The number of hydrogen-bond donors (Lipinski definition) is 2. The average molecular weight is 291 g/mol. The second kappa shape index (κ2) is 9.13. The molecule has 0 aliphatic heterocycles. The first-order valence-electron chi connectivity index (χ1n) is 7.51. The summed E-state index contributed by atoms with van der Waals surface area (Å²) >= 11 is 0. The van der Waals surface area contributed by atoms with Crippen LogP contribution in [-0.2, 0) is 4.79 Å². The van der Waals surface area contributed by atoms with Crippen molar-refractivity contribution < 1.29 is 9.59 Å². The number of carbonyl (C=O) groups is 2. The fraction of sp³-hybridized carbons (Fsp3) is 0.500. The molecular formula is C16H25N3O2. The summed E-state index contributed by atoms with van der Waals surface area (Å²) in [6, 6.07) is 7.07. The standard InChI is InChI=1S/C16H25N3O2/c1-3-19(4-2)16(21)13-8-7-9-14(12-13)18-15(20)10-5-6-11-17/h7-9,12H,3-6,10-11,17H2,1-2H3,(H,18,20). The van der Waals surface area contributed by atoms with Gasteiger partial charge in [0.05, 0.1) is 0 Å². The van der Waals surface area contributed by atoms with Gasteiger partial charge in [-0.05, 0) is 51.4 Å². The zero-order valence-electron chi connectivity index (χ0n) is 12.9. The van der Waals surface area contributed by atoms with Crippen LogP contribution < -0.4 is 11.1 Å². The van der Waals surface area contributed by atoms with Crippen LogP contribution in [0.2, 0.25) is 0 Å². The summed E-state index contributed by atoms with van der Waals surface area (Å²) in [5, 5.41) is 2.82. The van der Waals surface area contributed by atoms with Crippen molar-refractivity contribution in [3.8, 4) is 0 Å². The molecule has 1 aromatic rings. The first-order chi connectivity index (χ1) is 10.1. The van der Waals surface area contributed by atoms with Crippen molar-refractivity contribution in [1.29, 1.82) is 0 Å². The van der Waals surface area contributed by atoms with E-state index < -0.39 is 0 Å². The molecule has 116 valence electrons. The Balaban J connectivity index is 2.68. The Morgan fingerprint density at radius 1 is 1.19 bits per heavy atom. The minimum Gasteiger partial charge on any atom is -0.339 e. The molecule has 0 fully saturated rings. The van der Waals surface area contributed by atoms with Crippen LogP contribution in [0.1, 0.15) is 43.5 Å².